The number of rotatable bonds is 6. The molecule has 6 nitrogen and oxygen atoms in total. The second-order valence-electron chi connectivity index (χ2n) is 9.27. The summed E-state index contributed by atoms with van der Waals surface area (Å²) in [6.45, 7) is 1.42. The van der Waals surface area contributed by atoms with Gasteiger partial charge in [-0.15, -0.1) is 0 Å². The first-order valence-electron chi connectivity index (χ1n) is 12.6. The average Bonchev–Trinajstić information content (AvgIpc) is 3.54. The number of benzene rings is 3. The van der Waals surface area contributed by atoms with E-state index in [-0.39, 0.29) is 0 Å². The van der Waals surface area contributed by atoms with E-state index in [0.29, 0.717) is 13.1 Å². The topological polar surface area (TPSA) is 61.4 Å². The molecule has 0 N–H and O–H groups in total. The molecule has 0 spiro atoms. The molecule has 4 aromatic heterocycles. The minimum Gasteiger partial charge on any atom is -0.318 e. The molecule has 6 heteroatoms. The van der Waals surface area contributed by atoms with E-state index in [1.165, 1.54) is 11.1 Å². The molecule has 0 bridgehead atoms. The number of nitrogens with zero attached hydrogens (tertiary/aromatic N) is 6. The number of aromatic nitrogens is 6. The van der Waals surface area contributed by atoms with Gasteiger partial charge in [0.15, 0.2) is 11.6 Å². The van der Waals surface area contributed by atoms with Gasteiger partial charge in [0.05, 0.1) is 22.1 Å². The van der Waals surface area contributed by atoms with Crippen molar-refractivity contribution >= 4 is 22.1 Å². The van der Waals surface area contributed by atoms with Gasteiger partial charge in [-0.1, -0.05) is 60.7 Å². The Morgan fingerprint density at radius 1 is 0.447 bits per heavy atom. The smallest absolute Gasteiger partial charge is 0.160 e. The highest BCUT2D eigenvalue weighted by atomic mass is 15.1. The summed E-state index contributed by atoms with van der Waals surface area (Å²) in [5.41, 5.74) is 8.29. The Labute approximate surface area is 219 Å². The van der Waals surface area contributed by atoms with Crippen LogP contribution in [-0.4, -0.2) is 29.1 Å². The first kappa shape index (κ1) is 22.1. The molecule has 0 saturated carbocycles. The average molecular weight is 493 g/mol. The van der Waals surface area contributed by atoms with Crippen molar-refractivity contribution in [1.29, 1.82) is 0 Å². The molecule has 182 valence electrons. The maximum absolute atomic E-state index is 4.90. The van der Waals surface area contributed by atoms with Crippen molar-refractivity contribution in [3.63, 3.8) is 0 Å². The van der Waals surface area contributed by atoms with Crippen LogP contribution in [0.25, 0.3) is 45.1 Å². The lowest BCUT2D eigenvalue weighted by Gasteiger charge is -2.12. The van der Waals surface area contributed by atoms with Crippen LogP contribution in [0.5, 0.6) is 0 Å². The van der Waals surface area contributed by atoms with Gasteiger partial charge in [-0.2, -0.15) is 0 Å². The van der Waals surface area contributed by atoms with E-state index in [1.54, 1.807) is 0 Å². The summed E-state index contributed by atoms with van der Waals surface area (Å²) in [5.74, 6) is 1.75. The maximum Gasteiger partial charge on any atom is 0.160 e. The Morgan fingerprint density at radius 3 is 1.29 bits per heavy atom. The summed E-state index contributed by atoms with van der Waals surface area (Å²) < 4.78 is 4.49. The predicted molar refractivity (Wildman–Crippen MR) is 151 cm³/mol. The standard InChI is InChI=1S/C32H24N6/c1-3-13-29-25(9-1)35-31(27-11-5-7-19-33-27)37(29)21-23-15-17-24(18-16-23)22-38-30-14-4-2-10-26(30)36-32(38)28-12-6-8-20-34-28/h1-20H,21-22H2. The van der Waals surface area contributed by atoms with Crippen molar-refractivity contribution in [3.05, 3.63) is 133 Å². The number of imidazole rings is 2. The molecule has 4 heterocycles. The van der Waals surface area contributed by atoms with Crippen LogP contribution in [0.2, 0.25) is 0 Å². The lowest BCUT2D eigenvalue weighted by atomic mass is 10.1. The third-order valence-corrected chi connectivity index (χ3v) is 6.80. The Bertz CT molecular complexity index is 1710. The fraction of sp³-hybridized carbons (Fsp3) is 0.0625. The number of fused-ring (bicyclic) bond motifs is 2. The molecule has 0 radical (unpaired) electrons. The van der Waals surface area contributed by atoms with E-state index < -0.39 is 0 Å². The molecule has 38 heavy (non-hydrogen) atoms. The van der Waals surface area contributed by atoms with Gasteiger partial charge in [-0.3, -0.25) is 9.97 Å². The summed E-state index contributed by atoms with van der Waals surface area (Å²) in [6, 6.07) is 37.2. The zero-order valence-electron chi connectivity index (χ0n) is 20.6. The quantitative estimate of drug-likeness (QED) is 0.262. The van der Waals surface area contributed by atoms with Gasteiger partial charge in [0.25, 0.3) is 0 Å². The Kier molecular flexibility index (Phi) is 5.48. The van der Waals surface area contributed by atoms with E-state index >= 15 is 0 Å². The van der Waals surface area contributed by atoms with E-state index in [0.717, 1.165) is 45.1 Å². The molecule has 0 unspecified atom stereocenters. The van der Waals surface area contributed by atoms with Gasteiger partial charge in [-0.25, -0.2) is 9.97 Å². The van der Waals surface area contributed by atoms with E-state index in [2.05, 4.69) is 79.8 Å². The maximum atomic E-state index is 4.90. The largest absolute Gasteiger partial charge is 0.318 e. The van der Waals surface area contributed by atoms with Crippen LogP contribution < -0.4 is 0 Å². The van der Waals surface area contributed by atoms with Crippen LogP contribution >= 0.6 is 0 Å². The van der Waals surface area contributed by atoms with Crippen LogP contribution in [-0.2, 0) is 13.1 Å². The minimum atomic E-state index is 0.708. The summed E-state index contributed by atoms with van der Waals surface area (Å²) in [4.78, 5) is 18.9. The zero-order valence-corrected chi connectivity index (χ0v) is 20.6. The molecule has 0 atom stereocenters. The lowest BCUT2D eigenvalue weighted by Crippen LogP contribution is -2.05. The first-order chi connectivity index (χ1) is 18.8. The highest BCUT2D eigenvalue weighted by Crippen LogP contribution is 2.26. The summed E-state index contributed by atoms with van der Waals surface area (Å²) in [6.07, 6.45) is 3.62. The summed E-state index contributed by atoms with van der Waals surface area (Å²) in [7, 11) is 0. The monoisotopic (exact) mass is 492 g/mol. The van der Waals surface area contributed by atoms with E-state index in [4.69, 9.17) is 9.97 Å². The van der Waals surface area contributed by atoms with Crippen LogP contribution in [0.1, 0.15) is 11.1 Å². The molecule has 0 aliphatic rings. The second kappa shape index (κ2) is 9.41. The van der Waals surface area contributed by atoms with Crippen molar-refractivity contribution in [1.82, 2.24) is 29.1 Å². The van der Waals surface area contributed by atoms with Crippen LogP contribution in [0.4, 0.5) is 0 Å². The third-order valence-electron chi connectivity index (χ3n) is 6.80. The molecule has 7 rings (SSSR count). The highest BCUT2D eigenvalue weighted by Gasteiger charge is 2.15. The zero-order chi connectivity index (χ0) is 25.3. The SMILES string of the molecule is c1ccc(-c2nc3ccccc3n2Cc2ccc(Cn3c(-c4ccccn4)nc4ccccc43)cc2)nc1. The third kappa shape index (κ3) is 4.02. The molecule has 0 saturated heterocycles. The van der Waals surface area contributed by atoms with E-state index in [1.807, 2.05) is 60.9 Å². The number of pyridine rings is 2. The van der Waals surface area contributed by atoms with Gasteiger partial charge >= 0.3 is 0 Å². The summed E-state index contributed by atoms with van der Waals surface area (Å²) >= 11 is 0. The van der Waals surface area contributed by atoms with Gasteiger partial charge < -0.3 is 9.13 Å². The molecule has 0 fully saturated rings. The molecular formula is C32H24N6. The predicted octanol–water partition coefficient (Wildman–Crippen LogP) is 6.61. The van der Waals surface area contributed by atoms with Gasteiger partial charge in [0.1, 0.15) is 11.4 Å². The molecule has 0 aliphatic carbocycles. The molecular weight excluding hydrogens is 468 g/mol. The number of hydrogen-bond acceptors (Lipinski definition) is 4. The normalized spacial score (nSPS) is 11.4. The Balaban J connectivity index is 1.22. The fourth-order valence-corrected chi connectivity index (χ4v) is 4.97. The number of para-hydroxylation sites is 4. The molecule has 3 aromatic carbocycles. The van der Waals surface area contributed by atoms with Crippen molar-refractivity contribution < 1.29 is 0 Å². The minimum absolute atomic E-state index is 0.708. The van der Waals surface area contributed by atoms with Crippen molar-refractivity contribution in [2.24, 2.45) is 0 Å². The Hall–Kier alpha value is -5.10. The van der Waals surface area contributed by atoms with Crippen LogP contribution in [0, 0.1) is 0 Å². The molecule has 0 aliphatic heterocycles. The van der Waals surface area contributed by atoms with Crippen LogP contribution in [0.3, 0.4) is 0 Å². The lowest BCUT2D eigenvalue weighted by molar-refractivity contribution is 0.817. The van der Waals surface area contributed by atoms with Gasteiger partial charge in [0.2, 0.25) is 0 Å². The van der Waals surface area contributed by atoms with Gasteiger partial charge in [-0.05, 0) is 59.7 Å². The van der Waals surface area contributed by atoms with Crippen LogP contribution in [0.15, 0.2) is 122 Å². The fourth-order valence-electron chi connectivity index (χ4n) is 4.97. The summed E-state index contributed by atoms with van der Waals surface area (Å²) in [5, 5.41) is 0. The van der Waals surface area contributed by atoms with Crippen molar-refractivity contribution in [2.75, 3.05) is 0 Å². The second-order valence-corrected chi connectivity index (χ2v) is 9.27. The first-order valence-corrected chi connectivity index (χ1v) is 12.6. The van der Waals surface area contributed by atoms with E-state index in [9.17, 15) is 0 Å². The molecule has 0 amide bonds. The molecule has 7 aromatic rings. The number of hydrogen-bond donors (Lipinski definition) is 0. The van der Waals surface area contributed by atoms with Crippen molar-refractivity contribution in [3.8, 4) is 23.0 Å². The van der Waals surface area contributed by atoms with Crippen molar-refractivity contribution in [2.45, 2.75) is 13.1 Å². The van der Waals surface area contributed by atoms with Gasteiger partial charge in [0, 0.05) is 25.5 Å². The highest BCUT2D eigenvalue weighted by molar-refractivity contribution is 5.81. The Morgan fingerprint density at radius 2 is 0.868 bits per heavy atom.